The van der Waals surface area contributed by atoms with E-state index >= 15 is 0 Å². The van der Waals surface area contributed by atoms with E-state index in [4.69, 9.17) is 4.74 Å². The number of carbonyl (C=O) groups excluding carboxylic acids is 1. The fourth-order valence-corrected chi connectivity index (χ4v) is 2.43. The van der Waals surface area contributed by atoms with Crippen LogP contribution in [0.1, 0.15) is 65.2 Å². The summed E-state index contributed by atoms with van der Waals surface area (Å²) >= 11 is 0. The van der Waals surface area contributed by atoms with Crippen molar-refractivity contribution < 1.29 is 9.53 Å². The van der Waals surface area contributed by atoms with E-state index in [0.717, 1.165) is 25.8 Å². The van der Waals surface area contributed by atoms with Crippen molar-refractivity contribution in [3.05, 3.63) is 0 Å². The number of hydrogen-bond donors (Lipinski definition) is 1. The van der Waals surface area contributed by atoms with Crippen LogP contribution in [0.4, 0.5) is 0 Å². The molecular formula is C15H29NO2. The monoisotopic (exact) mass is 255 g/mol. The van der Waals surface area contributed by atoms with Gasteiger partial charge in [0.25, 0.3) is 0 Å². The number of rotatable bonds is 7. The highest BCUT2D eigenvalue weighted by Gasteiger charge is 2.21. The molecule has 1 aliphatic heterocycles. The summed E-state index contributed by atoms with van der Waals surface area (Å²) in [6.07, 6.45) is 9.21. The smallest absolute Gasteiger partial charge is 0.323 e. The summed E-state index contributed by atoms with van der Waals surface area (Å²) in [6, 6.07) is -0.0591. The van der Waals surface area contributed by atoms with Crippen LogP contribution in [0.25, 0.3) is 0 Å². The van der Waals surface area contributed by atoms with Crippen LogP contribution in [0.15, 0.2) is 0 Å². The zero-order valence-corrected chi connectivity index (χ0v) is 12.0. The van der Waals surface area contributed by atoms with Crippen LogP contribution < -0.4 is 5.32 Å². The Kier molecular flexibility index (Phi) is 8.06. The second-order valence-electron chi connectivity index (χ2n) is 5.40. The second-order valence-corrected chi connectivity index (χ2v) is 5.40. The molecular weight excluding hydrogens is 226 g/mol. The number of carbonyl (C=O) groups is 1. The van der Waals surface area contributed by atoms with E-state index in [1.54, 1.807) is 0 Å². The molecule has 1 N–H and O–H groups in total. The standard InChI is InChI=1S/C15H29NO2/c1-3-5-9-13(4-2)12-18-15(17)14-10-7-6-8-11-16-14/h13-14,16H,3-12H2,1-2H3. The predicted octanol–water partition coefficient (Wildman–Crippen LogP) is 3.28. The fraction of sp³-hybridized carbons (Fsp3) is 0.933. The number of hydrogen-bond acceptors (Lipinski definition) is 3. The average Bonchev–Trinajstić information content (AvgIpc) is 2.67. The third-order valence-electron chi connectivity index (χ3n) is 3.85. The third-order valence-corrected chi connectivity index (χ3v) is 3.85. The SMILES string of the molecule is CCCCC(CC)COC(=O)C1CCCCCN1. The van der Waals surface area contributed by atoms with Gasteiger partial charge in [-0.25, -0.2) is 0 Å². The first kappa shape index (κ1) is 15.5. The molecule has 0 aromatic carbocycles. The van der Waals surface area contributed by atoms with Crippen LogP contribution in [0.5, 0.6) is 0 Å². The molecule has 0 amide bonds. The first-order valence-corrected chi connectivity index (χ1v) is 7.68. The van der Waals surface area contributed by atoms with E-state index in [9.17, 15) is 4.79 Å². The van der Waals surface area contributed by atoms with Gasteiger partial charge in [-0.2, -0.15) is 0 Å². The van der Waals surface area contributed by atoms with Crippen molar-refractivity contribution in [3.8, 4) is 0 Å². The summed E-state index contributed by atoms with van der Waals surface area (Å²) in [5, 5.41) is 3.29. The van der Waals surface area contributed by atoms with E-state index in [2.05, 4.69) is 19.2 Å². The van der Waals surface area contributed by atoms with Crippen molar-refractivity contribution in [2.24, 2.45) is 5.92 Å². The summed E-state index contributed by atoms with van der Waals surface area (Å²) in [7, 11) is 0. The summed E-state index contributed by atoms with van der Waals surface area (Å²) in [6.45, 7) is 5.94. The van der Waals surface area contributed by atoms with Gasteiger partial charge in [-0.1, -0.05) is 46.0 Å². The average molecular weight is 255 g/mol. The molecule has 0 spiro atoms. The predicted molar refractivity (Wildman–Crippen MR) is 74.5 cm³/mol. The van der Waals surface area contributed by atoms with E-state index in [1.807, 2.05) is 0 Å². The molecule has 0 radical (unpaired) electrons. The molecule has 18 heavy (non-hydrogen) atoms. The molecule has 1 rings (SSSR count). The van der Waals surface area contributed by atoms with Crippen molar-refractivity contribution in [3.63, 3.8) is 0 Å². The summed E-state index contributed by atoms with van der Waals surface area (Å²) < 4.78 is 5.49. The molecule has 0 saturated carbocycles. The lowest BCUT2D eigenvalue weighted by Gasteiger charge is -2.18. The van der Waals surface area contributed by atoms with Crippen molar-refractivity contribution in [1.82, 2.24) is 5.32 Å². The Balaban J connectivity index is 2.25. The third kappa shape index (κ3) is 5.85. The Morgan fingerprint density at radius 3 is 2.89 bits per heavy atom. The molecule has 2 unspecified atom stereocenters. The Morgan fingerprint density at radius 1 is 1.33 bits per heavy atom. The van der Waals surface area contributed by atoms with Crippen LogP contribution in [-0.4, -0.2) is 25.2 Å². The first-order valence-electron chi connectivity index (χ1n) is 7.68. The van der Waals surface area contributed by atoms with Gasteiger partial charge in [-0.3, -0.25) is 4.79 Å². The van der Waals surface area contributed by atoms with Gasteiger partial charge in [0, 0.05) is 0 Å². The molecule has 1 aliphatic rings. The van der Waals surface area contributed by atoms with Gasteiger partial charge in [0.05, 0.1) is 6.61 Å². The summed E-state index contributed by atoms with van der Waals surface area (Å²) in [5.74, 6) is 0.506. The van der Waals surface area contributed by atoms with Gasteiger partial charge >= 0.3 is 5.97 Å². The molecule has 0 aliphatic carbocycles. The maximum Gasteiger partial charge on any atom is 0.323 e. The molecule has 0 bridgehead atoms. The van der Waals surface area contributed by atoms with Crippen molar-refractivity contribution in [1.29, 1.82) is 0 Å². The lowest BCUT2D eigenvalue weighted by Crippen LogP contribution is -2.38. The number of nitrogens with one attached hydrogen (secondary N) is 1. The van der Waals surface area contributed by atoms with E-state index in [0.29, 0.717) is 12.5 Å². The van der Waals surface area contributed by atoms with Crippen LogP contribution in [-0.2, 0) is 9.53 Å². The minimum Gasteiger partial charge on any atom is -0.464 e. The van der Waals surface area contributed by atoms with Crippen molar-refractivity contribution >= 4 is 5.97 Å². The van der Waals surface area contributed by atoms with Gasteiger partial charge in [-0.15, -0.1) is 0 Å². The highest BCUT2D eigenvalue weighted by Crippen LogP contribution is 2.14. The number of esters is 1. The molecule has 0 aromatic heterocycles. The number of ether oxygens (including phenoxy) is 1. The Morgan fingerprint density at radius 2 is 2.17 bits per heavy atom. The van der Waals surface area contributed by atoms with Gasteiger partial charge in [-0.05, 0) is 31.7 Å². The summed E-state index contributed by atoms with van der Waals surface area (Å²) in [5.41, 5.74) is 0. The minimum atomic E-state index is -0.0591. The highest BCUT2D eigenvalue weighted by atomic mass is 16.5. The first-order chi connectivity index (χ1) is 8.77. The van der Waals surface area contributed by atoms with Gasteiger partial charge < -0.3 is 10.1 Å². The van der Waals surface area contributed by atoms with Crippen LogP contribution in [0.2, 0.25) is 0 Å². The maximum atomic E-state index is 12.0. The minimum absolute atomic E-state index is 0.0353. The largest absolute Gasteiger partial charge is 0.464 e. The normalized spacial score (nSPS) is 22.2. The fourth-order valence-electron chi connectivity index (χ4n) is 2.43. The lowest BCUT2D eigenvalue weighted by atomic mass is 10.0. The van der Waals surface area contributed by atoms with Gasteiger partial charge in [0.2, 0.25) is 0 Å². The second kappa shape index (κ2) is 9.37. The Bertz CT molecular complexity index is 223. The van der Waals surface area contributed by atoms with Gasteiger partial charge in [0.1, 0.15) is 6.04 Å². The quantitative estimate of drug-likeness (QED) is 0.709. The molecule has 3 heteroatoms. The summed E-state index contributed by atoms with van der Waals surface area (Å²) in [4.78, 5) is 12.0. The van der Waals surface area contributed by atoms with Gasteiger partial charge in [0.15, 0.2) is 0 Å². The molecule has 1 heterocycles. The van der Waals surface area contributed by atoms with E-state index in [1.165, 1.54) is 32.1 Å². The molecule has 1 saturated heterocycles. The van der Waals surface area contributed by atoms with E-state index in [-0.39, 0.29) is 12.0 Å². The number of unbranched alkanes of at least 4 members (excludes halogenated alkanes) is 1. The Hall–Kier alpha value is -0.570. The molecule has 3 nitrogen and oxygen atoms in total. The molecule has 2 atom stereocenters. The lowest BCUT2D eigenvalue weighted by molar-refractivity contribution is -0.147. The van der Waals surface area contributed by atoms with Crippen LogP contribution in [0.3, 0.4) is 0 Å². The highest BCUT2D eigenvalue weighted by molar-refractivity contribution is 5.75. The molecule has 106 valence electrons. The van der Waals surface area contributed by atoms with Crippen LogP contribution in [0, 0.1) is 5.92 Å². The van der Waals surface area contributed by atoms with Crippen LogP contribution >= 0.6 is 0 Å². The molecule has 0 aromatic rings. The maximum absolute atomic E-state index is 12.0. The van der Waals surface area contributed by atoms with Crippen molar-refractivity contribution in [2.45, 2.75) is 71.3 Å². The molecule has 1 fully saturated rings. The zero-order valence-electron chi connectivity index (χ0n) is 12.0. The zero-order chi connectivity index (χ0) is 13.2. The Labute approximate surface area is 112 Å². The van der Waals surface area contributed by atoms with Crippen molar-refractivity contribution in [2.75, 3.05) is 13.2 Å². The van der Waals surface area contributed by atoms with E-state index < -0.39 is 0 Å². The topological polar surface area (TPSA) is 38.3 Å².